The molecule has 5 aromatic rings. The number of aromatic nitrogens is 1. The minimum Gasteiger partial charge on any atom is -0.383 e. The molecule has 0 aliphatic carbocycles. The number of piperazine rings is 2. The quantitative estimate of drug-likeness (QED) is 0.0184. The summed E-state index contributed by atoms with van der Waals surface area (Å²) < 4.78 is 49.4. The zero-order valence-electron chi connectivity index (χ0n) is 39.9. The Morgan fingerprint density at radius 3 is 1.81 bits per heavy atom. The number of thiazole rings is 1. The molecule has 6 N–H and O–H groups in total. The first-order chi connectivity index (χ1) is 33.3. The lowest BCUT2D eigenvalue weighted by Gasteiger charge is -2.36. The maximum atomic E-state index is 13.5. The van der Waals surface area contributed by atoms with Gasteiger partial charge in [0.05, 0.1) is 18.5 Å². The second-order valence-electron chi connectivity index (χ2n) is 15.4. The van der Waals surface area contributed by atoms with Gasteiger partial charge in [0.1, 0.15) is 16.5 Å². The maximum Gasteiger partial charge on any atom is 0.206 e. The largest absolute Gasteiger partial charge is 0.383 e. The number of benzene rings is 4. The van der Waals surface area contributed by atoms with E-state index >= 15 is 0 Å². The zero-order chi connectivity index (χ0) is 49.7. The number of thioether (sulfide) groups is 1. The van der Waals surface area contributed by atoms with Crippen LogP contribution in [0.2, 0.25) is 0 Å². The van der Waals surface area contributed by atoms with Gasteiger partial charge in [0, 0.05) is 114 Å². The number of nitrogen functional groups attached to an aromatic ring is 1. The molecule has 73 heavy (non-hydrogen) atoms. The number of alkyl halides is 1. The summed E-state index contributed by atoms with van der Waals surface area (Å²) in [4.78, 5) is 41.7. The molecule has 7 rings (SSSR count). The van der Waals surface area contributed by atoms with Gasteiger partial charge in [0.2, 0.25) is 5.78 Å². The van der Waals surface area contributed by atoms with Crippen LogP contribution in [-0.4, -0.2) is 141 Å². The van der Waals surface area contributed by atoms with E-state index in [-0.39, 0.29) is 74.9 Å². The van der Waals surface area contributed by atoms with Crippen LogP contribution in [0.25, 0.3) is 0 Å². The Kier molecular flexibility index (Phi) is 32.1. The molecule has 1 unspecified atom stereocenters. The number of halogens is 5. The summed E-state index contributed by atoms with van der Waals surface area (Å²) in [5, 5.41) is 7.81. The predicted octanol–water partition coefficient (Wildman–Crippen LogP) is 10.3. The van der Waals surface area contributed by atoms with E-state index in [1.807, 2.05) is 43.3 Å². The van der Waals surface area contributed by atoms with E-state index in [1.54, 1.807) is 20.3 Å². The molecular weight excluding hydrogens is 1150 g/mol. The number of methoxy groups -OCH3 is 2. The average Bonchev–Trinajstić information content (AvgIpc) is 3.73. The van der Waals surface area contributed by atoms with Crippen LogP contribution in [0, 0.1) is 17.5 Å². The van der Waals surface area contributed by atoms with Crippen LogP contribution >= 0.6 is 78.1 Å². The number of amidine groups is 1. The molecule has 402 valence electrons. The maximum absolute atomic E-state index is 13.5. The van der Waals surface area contributed by atoms with Crippen molar-refractivity contribution in [3.63, 3.8) is 0 Å². The number of aliphatic imine (C=N–C) groups is 1. The number of anilines is 6. The first-order valence-corrected chi connectivity index (χ1v) is 25.4. The molecule has 23 heteroatoms. The fourth-order valence-corrected chi connectivity index (χ4v) is 8.94. The van der Waals surface area contributed by atoms with Crippen LogP contribution in [0.3, 0.4) is 0 Å². The number of hydrogen-bond donors (Lipinski definition) is 4. The highest BCUT2D eigenvalue weighted by Crippen LogP contribution is 2.31. The third kappa shape index (κ3) is 21.9. The van der Waals surface area contributed by atoms with Gasteiger partial charge in [-0.05, 0) is 96.8 Å². The minimum atomic E-state index is -1.08. The number of ether oxygens (including phenoxy) is 2. The summed E-state index contributed by atoms with van der Waals surface area (Å²) in [5.41, 5.74) is 16.2. The van der Waals surface area contributed by atoms with Crippen molar-refractivity contribution < 1.29 is 32.2 Å². The number of nitrogens with one attached hydrogen (secondary N) is 2. The lowest BCUT2D eigenvalue weighted by atomic mass is 10.1. The van der Waals surface area contributed by atoms with Crippen LogP contribution in [0.4, 0.5) is 46.9 Å². The van der Waals surface area contributed by atoms with Crippen LogP contribution in [-0.2, 0) is 9.47 Å². The third-order valence-corrected chi connectivity index (χ3v) is 13.1. The van der Waals surface area contributed by atoms with Gasteiger partial charge in [-0.3, -0.25) is 19.4 Å². The van der Waals surface area contributed by atoms with Crippen molar-refractivity contribution >= 4 is 134 Å². The lowest BCUT2D eigenvalue weighted by molar-refractivity contribution is 0.102. The molecule has 1 aromatic heterocycles. The molecular formula is C50H70Br2F3N10O4PS3. The first-order valence-electron chi connectivity index (χ1n) is 22.1. The van der Waals surface area contributed by atoms with Gasteiger partial charge in [-0.15, -0.1) is 17.0 Å². The summed E-state index contributed by atoms with van der Waals surface area (Å²) in [6.07, 6.45) is 0. The van der Waals surface area contributed by atoms with Crippen molar-refractivity contribution in [2.45, 2.75) is 21.8 Å². The van der Waals surface area contributed by atoms with E-state index in [0.29, 0.717) is 21.0 Å². The van der Waals surface area contributed by atoms with Crippen LogP contribution in [0.15, 0.2) is 96.0 Å². The van der Waals surface area contributed by atoms with Gasteiger partial charge in [0.15, 0.2) is 32.8 Å². The summed E-state index contributed by atoms with van der Waals surface area (Å²) in [6, 6.07) is 24.9. The number of carbonyl (C=O) groups excluding carboxylic acids is 2. The second kappa shape index (κ2) is 35.1. The third-order valence-electron chi connectivity index (χ3n) is 10.7. The van der Waals surface area contributed by atoms with E-state index in [0.717, 1.165) is 125 Å². The smallest absolute Gasteiger partial charge is 0.206 e. The highest BCUT2D eigenvalue weighted by Gasteiger charge is 2.21. The van der Waals surface area contributed by atoms with E-state index < -0.39 is 17.4 Å². The monoisotopic (exact) mass is 1220 g/mol. The van der Waals surface area contributed by atoms with Gasteiger partial charge < -0.3 is 41.4 Å². The number of rotatable bonds is 16. The average molecular weight is 1220 g/mol. The molecule has 2 aliphatic rings. The molecule has 4 aromatic carbocycles. The number of thiocarbonyl (C=S) groups is 1. The number of nitrogens with two attached hydrogens (primary N) is 2. The standard InChI is InChI=1S/C23H25F2N5O2S.C17H27N5OS2.C8H6BrFO.2CH4.BrH.H3P/c1-32-13-12-29-8-10-30(11-9-29)17-5-3-16(4-6-17)27-23-28-22(26)21(33-23)20(31)15-2-7-18(24)19(25)14-15;1-3-25-16(18)20-17(24)19-14-4-6-15(7-5-14)22-10-8-21(9-11-22)12-13-23-2;9-5-8(11)6-2-1-3-7(10)4-6;;;;/h2-7,14H,8-13,26H2,1H3,(H,27,28);4-7H,3,8-13H2,1-2H3,(H3,18,19,20,24);1-4H,5H2;2*1H4;1H;1H3. The molecule has 0 bridgehead atoms. The van der Waals surface area contributed by atoms with Crippen molar-refractivity contribution in [3.05, 3.63) is 124 Å². The molecule has 3 heterocycles. The fraction of sp³-hybridized carbons (Fsp3) is 0.380. The van der Waals surface area contributed by atoms with Crippen LogP contribution < -0.4 is 31.9 Å². The summed E-state index contributed by atoms with van der Waals surface area (Å²) in [5.74, 6) is -2.16. The Labute approximate surface area is 464 Å². The molecule has 2 saturated heterocycles. The Morgan fingerprint density at radius 1 is 0.795 bits per heavy atom. The highest BCUT2D eigenvalue weighted by atomic mass is 79.9. The van der Waals surface area contributed by atoms with Gasteiger partial charge in [0.25, 0.3) is 0 Å². The van der Waals surface area contributed by atoms with Crippen LogP contribution in [0.1, 0.15) is 47.4 Å². The lowest BCUT2D eigenvalue weighted by Crippen LogP contribution is -2.47. The number of nitrogens with zero attached hydrogens (tertiary/aromatic N) is 6. The van der Waals surface area contributed by atoms with Gasteiger partial charge in [-0.25, -0.2) is 18.2 Å². The number of Topliss-reactive ketones (excluding diaryl/α,β-unsaturated/α-hetero) is 1. The van der Waals surface area contributed by atoms with Crippen molar-refractivity contribution in [2.75, 3.05) is 130 Å². The molecule has 14 nitrogen and oxygen atoms in total. The summed E-state index contributed by atoms with van der Waals surface area (Å²) >= 11 is 10.8. The zero-order valence-corrected chi connectivity index (χ0v) is 47.0. The number of hydrogen-bond acceptors (Lipinski definition) is 14. The number of ketones is 2. The normalized spacial score (nSPS) is 13.5. The van der Waals surface area contributed by atoms with Crippen molar-refractivity contribution in [1.29, 1.82) is 0 Å². The topological polar surface area (TPSA) is 167 Å². The Hall–Kier alpha value is -4.22. The molecule has 0 spiro atoms. The molecule has 2 fully saturated rings. The van der Waals surface area contributed by atoms with Gasteiger partial charge >= 0.3 is 0 Å². The molecule has 0 radical (unpaired) electrons. The number of carbonyl (C=O) groups is 2. The van der Waals surface area contributed by atoms with E-state index in [1.165, 1.54) is 41.7 Å². The van der Waals surface area contributed by atoms with Crippen LogP contribution in [0.5, 0.6) is 0 Å². The molecule has 1 atom stereocenters. The Bertz CT molecular complexity index is 2470. The molecule has 0 saturated carbocycles. The SMILES string of the molecule is Br.C.C.CCSC(N)=NC(=S)Nc1ccc(N2CCN(CCOC)CC2)cc1.COCCN1CCN(c2ccc(Nc3nc(N)c(C(=O)c4ccc(F)c(F)c4)s3)cc2)CC1.O=C(CBr)c1cccc(F)c1.P. The second-order valence-corrected chi connectivity index (χ2v) is 18.7. The molecule has 0 amide bonds. The molecule has 2 aliphatic heterocycles. The van der Waals surface area contributed by atoms with Gasteiger partial charge in [-0.1, -0.05) is 72.9 Å². The Balaban J connectivity index is 0.000000591. The minimum absolute atomic E-state index is 0. The first kappa shape index (κ1) is 66.8. The van der Waals surface area contributed by atoms with Crippen molar-refractivity contribution in [3.8, 4) is 0 Å². The highest BCUT2D eigenvalue weighted by molar-refractivity contribution is 9.09. The predicted molar refractivity (Wildman–Crippen MR) is 319 cm³/mol. The fourth-order valence-electron chi connectivity index (χ4n) is 7.02. The summed E-state index contributed by atoms with van der Waals surface area (Å²) in [6.45, 7) is 13.6. The van der Waals surface area contributed by atoms with E-state index in [4.69, 9.17) is 33.2 Å². The van der Waals surface area contributed by atoms with Crippen molar-refractivity contribution in [2.24, 2.45) is 10.7 Å². The summed E-state index contributed by atoms with van der Waals surface area (Å²) in [7, 11) is 3.47. The van der Waals surface area contributed by atoms with E-state index in [2.05, 4.69) is 68.3 Å². The van der Waals surface area contributed by atoms with Gasteiger partial charge in [-0.2, -0.15) is 14.9 Å². The van der Waals surface area contributed by atoms with E-state index in [9.17, 15) is 22.8 Å². The van der Waals surface area contributed by atoms with Crippen molar-refractivity contribution in [1.82, 2.24) is 14.8 Å². The Morgan fingerprint density at radius 2 is 1.33 bits per heavy atom.